The Bertz CT molecular complexity index is 541. The standard InChI is InChI=1S/C15H18N4/c1-12-5-2-7-14(18-12)13-6-3-10-19(11-13)15-16-8-4-9-17-15/h2,4-5,7-9,13H,3,6,10-11H2,1H3/t13-/m0/s1. The molecule has 98 valence electrons. The van der Waals surface area contributed by atoms with Gasteiger partial charge in [0, 0.05) is 42.8 Å². The fraction of sp³-hybridized carbons (Fsp3) is 0.400. The molecule has 0 unspecified atom stereocenters. The number of pyridine rings is 1. The number of hydrogen-bond acceptors (Lipinski definition) is 4. The highest BCUT2D eigenvalue weighted by molar-refractivity contribution is 5.31. The van der Waals surface area contributed by atoms with Gasteiger partial charge in [0.2, 0.25) is 5.95 Å². The Morgan fingerprint density at radius 3 is 2.79 bits per heavy atom. The Balaban J connectivity index is 1.78. The van der Waals surface area contributed by atoms with Crippen molar-refractivity contribution in [3.63, 3.8) is 0 Å². The zero-order chi connectivity index (χ0) is 13.1. The first-order valence-corrected chi connectivity index (χ1v) is 6.78. The van der Waals surface area contributed by atoms with Crippen molar-refractivity contribution in [3.05, 3.63) is 48.0 Å². The van der Waals surface area contributed by atoms with Crippen molar-refractivity contribution in [2.24, 2.45) is 0 Å². The highest BCUT2D eigenvalue weighted by Crippen LogP contribution is 2.27. The van der Waals surface area contributed by atoms with E-state index in [0.717, 1.165) is 24.7 Å². The molecule has 3 heterocycles. The van der Waals surface area contributed by atoms with Crippen molar-refractivity contribution in [2.45, 2.75) is 25.7 Å². The van der Waals surface area contributed by atoms with Crippen LogP contribution in [0.5, 0.6) is 0 Å². The molecular weight excluding hydrogens is 236 g/mol. The molecule has 1 aliphatic rings. The van der Waals surface area contributed by atoms with Crippen molar-refractivity contribution in [1.82, 2.24) is 15.0 Å². The van der Waals surface area contributed by atoms with Crippen LogP contribution in [0.4, 0.5) is 5.95 Å². The number of anilines is 1. The number of nitrogens with zero attached hydrogens (tertiary/aromatic N) is 4. The second kappa shape index (κ2) is 5.34. The first-order valence-electron chi connectivity index (χ1n) is 6.78. The van der Waals surface area contributed by atoms with Crippen molar-refractivity contribution in [2.75, 3.05) is 18.0 Å². The molecule has 0 amide bonds. The van der Waals surface area contributed by atoms with Gasteiger partial charge in [0.1, 0.15) is 0 Å². The Labute approximate surface area is 113 Å². The van der Waals surface area contributed by atoms with E-state index in [0.29, 0.717) is 5.92 Å². The number of aryl methyl sites for hydroxylation is 1. The van der Waals surface area contributed by atoms with Gasteiger partial charge in [-0.25, -0.2) is 9.97 Å². The van der Waals surface area contributed by atoms with Gasteiger partial charge in [0.25, 0.3) is 0 Å². The molecule has 0 spiro atoms. The number of hydrogen-bond donors (Lipinski definition) is 0. The van der Waals surface area contributed by atoms with Gasteiger partial charge in [-0.2, -0.15) is 0 Å². The van der Waals surface area contributed by atoms with E-state index in [9.17, 15) is 0 Å². The second-order valence-corrected chi connectivity index (χ2v) is 5.04. The summed E-state index contributed by atoms with van der Waals surface area (Å²) in [5, 5.41) is 0. The number of aromatic nitrogens is 3. The van der Waals surface area contributed by atoms with E-state index in [1.165, 1.54) is 18.5 Å². The molecule has 3 rings (SSSR count). The van der Waals surface area contributed by atoms with Crippen LogP contribution in [0.3, 0.4) is 0 Å². The van der Waals surface area contributed by atoms with Gasteiger partial charge in [0.05, 0.1) is 0 Å². The molecule has 1 aliphatic heterocycles. The summed E-state index contributed by atoms with van der Waals surface area (Å²) < 4.78 is 0. The fourth-order valence-corrected chi connectivity index (χ4v) is 2.65. The van der Waals surface area contributed by atoms with Crippen LogP contribution in [0.2, 0.25) is 0 Å². The SMILES string of the molecule is Cc1cccc([C@H]2CCCN(c3ncccn3)C2)n1. The van der Waals surface area contributed by atoms with Gasteiger partial charge in [-0.1, -0.05) is 6.07 Å². The second-order valence-electron chi connectivity index (χ2n) is 5.04. The first kappa shape index (κ1) is 12.1. The van der Waals surface area contributed by atoms with Crippen LogP contribution in [0.1, 0.15) is 30.1 Å². The number of rotatable bonds is 2. The van der Waals surface area contributed by atoms with Crippen LogP contribution >= 0.6 is 0 Å². The maximum atomic E-state index is 4.66. The summed E-state index contributed by atoms with van der Waals surface area (Å²) in [6, 6.07) is 8.13. The molecule has 0 aromatic carbocycles. The molecule has 0 aliphatic carbocycles. The molecule has 1 saturated heterocycles. The quantitative estimate of drug-likeness (QED) is 0.826. The predicted octanol–water partition coefficient (Wildman–Crippen LogP) is 2.56. The minimum atomic E-state index is 0.484. The Morgan fingerprint density at radius 1 is 1.16 bits per heavy atom. The molecular formula is C15H18N4. The largest absolute Gasteiger partial charge is 0.340 e. The zero-order valence-electron chi connectivity index (χ0n) is 11.2. The molecule has 2 aromatic heterocycles. The molecule has 0 N–H and O–H groups in total. The molecule has 4 heteroatoms. The van der Waals surface area contributed by atoms with Crippen molar-refractivity contribution in [3.8, 4) is 0 Å². The monoisotopic (exact) mass is 254 g/mol. The molecule has 4 nitrogen and oxygen atoms in total. The van der Waals surface area contributed by atoms with E-state index in [2.05, 4.69) is 32.0 Å². The molecule has 1 atom stereocenters. The van der Waals surface area contributed by atoms with E-state index in [1.54, 1.807) is 12.4 Å². The lowest BCUT2D eigenvalue weighted by atomic mass is 9.94. The summed E-state index contributed by atoms with van der Waals surface area (Å²) in [4.78, 5) is 15.6. The van der Waals surface area contributed by atoms with Crippen LogP contribution in [-0.4, -0.2) is 28.0 Å². The van der Waals surface area contributed by atoms with Gasteiger partial charge >= 0.3 is 0 Å². The highest BCUT2D eigenvalue weighted by atomic mass is 15.2. The van der Waals surface area contributed by atoms with Gasteiger partial charge in [-0.05, 0) is 38.0 Å². The minimum Gasteiger partial charge on any atom is -0.340 e. The summed E-state index contributed by atoms with van der Waals surface area (Å²) in [6.45, 7) is 4.04. The average molecular weight is 254 g/mol. The number of piperidine rings is 1. The normalized spacial score (nSPS) is 19.4. The Morgan fingerprint density at radius 2 is 2.00 bits per heavy atom. The summed E-state index contributed by atoms with van der Waals surface area (Å²) in [7, 11) is 0. The fourth-order valence-electron chi connectivity index (χ4n) is 2.65. The molecule has 1 fully saturated rings. The van der Waals surface area contributed by atoms with Gasteiger partial charge in [0.15, 0.2) is 0 Å². The van der Waals surface area contributed by atoms with Gasteiger partial charge < -0.3 is 4.90 Å². The predicted molar refractivity (Wildman–Crippen MR) is 75.2 cm³/mol. The van der Waals surface area contributed by atoms with Crippen LogP contribution in [0.25, 0.3) is 0 Å². The minimum absolute atomic E-state index is 0.484. The average Bonchev–Trinajstić information content (AvgIpc) is 2.48. The van der Waals surface area contributed by atoms with Crippen molar-refractivity contribution < 1.29 is 0 Å². The van der Waals surface area contributed by atoms with E-state index in [-0.39, 0.29) is 0 Å². The third-order valence-electron chi connectivity index (χ3n) is 3.58. The maximum Gasteiger partial charge on any atom is 0.225 e. The Hall–Kier alpha value is -1.97. The van der Waals surface area contributed by atoms with E-state index >= 15 is 0 Å². The summed E-state index contributed by atoms with van der Waals surface area (Å²) in [5.74, 6) is 1.32. The van der Waals surface area contributed by atoms with Gasteiger partial charge in [-0.3, -0.25) is 4.98 Å². The molecule has 0 saturated carbocycles. The first-order chi connectivity index (χ1) is 9.33. The molecule has 2 aromatic rings. The van der Waals surface area contributed by atoms with Crippen molar-refractivity contribution in [1.29, 1.82) is 0 Å². The maximum absolute atomic E-state index is 4.66. The lowest BCUT2D eigenvalue weighted by Gasteiger charge is -2.32. The molecule has 19 heavy (non-hydrogen) atoms. The lowest BCUT2D eigenvalue weighted by molar-refractivity contribution is 0.494. The molecule has 0 bridgehead atoms. The van der Waals surface area contributed by atoms with Crippen LogP contribution in [0, 0.1) is 6.92 Å². The lowest BCUT2D eigenvalue weighted by Crippen LogP contribution is -2.35. The van der Waals surface area contributed by atoms with E-state index in [1.807, 2.05) is 19.1 Å². The van der Waals surface area contributed by atoms with E-state index < -0.39 is 0 Å². The van der Waals surface area contributed by atoms with Crippen molar-refractivity contribution >= 4 is 5.95 Å². The smallest absolute Gasteiger partial charge is 0.225 e. The topological polar surface area (TPSA) is 41.9 Å². The highest BCUT2D eigenvalue weighted by Gasteiger charge is 2.23. The van der Waals surface area contributed by atoms with Crippen LogP contribution in [0.15, 0.2) is 36.7 Å². The zero-order valence-corrected chi connectivity index (χ0v) is 11.2. The van der Waals surface area contributed by atoms with Crippen LogP contribution < -0.4 is 4.90 Å². The third kappa shape index (κ3) is 2.72. The summed E-state index contributed by atoms with van der Waals surface area (Å²) >= 11 is 0. The molecule has 0 radical (unpaired) electrons. The summed E-state index contributed by atoms with van der Waals surface area (Å²) in [5.41, 5.74) is 2.28. The van der Waals surface area contributed by atoms with Gasteiger partial charge in [-0.15, -0.1) is 0 Å². The summed E-state index contributed by atoms with van der Waals surface area (Å²) in [6.07, 6.45) is 5.96. The third-order valence-corrected chi connectivity index (χ3v) is 3.58. The Kier molecular flexibility index (Phi) is 3.40. The van der Waals surface area contributed by atoms with Crippen LogP contribution in [-0.2, 0) is 0 Å². The van der Waals surface area contributed by atoms with E-state index in [4.69, 9.17) is 0 Å².